The van der Waals surface area contributed by atoms with E-state index in [1.165, 1.54) is 13.0 Å². The van der Waals surface area contributed by atoms with Crippen LogP contribution in [0.5, 0.6) is 0 Å². The van der Waals surface area contributed by atoms with Crippen molar-refractivity contribution in [1.82, 2.24) is 5.32 Å². The molecule has 0 aromatic carbocycles. The van der Waals surface area contributed by atoms with Crippen LogP contribution in [0, 0.1) is 5.41 Å². The van der Waals surface area contributed by atoms with Crippen LogP contribution in [-0.4, -0.2) is 35.7 Å². The fourth-order valence-corrected chi connectivity index (χ4v) is 1.08. The van der Waals surface area contributed by atoms with Crippen LogP contribution in [0.25, 0.3) is 0 Å². The quantitative estimate of drug-likeness (QED) is 0.306. The van der Waals surface area contributed by atoms with Gasteiger partial charge in [-0.15, -0.1) is 0 Å². The summed E-state index contributed by atoms with van der Waals surface area (Å²) in [5.41, 5.74) is 4.65. The molecule has 98 valence electrons. The highest BCUT2D eigenvalue weighted by Crippen LogP contribution is 2.11. The second-order valence-corrected chi connectivity index (χ2v) is 4.22. The molecule has 0 aliphatic rings. The maximum absolute atomic E-state index is 12.6. The second-order valence-electron chi connectivity index (χ2n) is 4.22. The lowest BCUT2D eigenvalue weighted by molar-refractivity contribution is -0.142. The van der Waals surface area contributed by atoms with Gasteiger partial charge in [0.05, 0.1) is 5.84 Å². The number of carboxylic acids is 1. The lowest BCUT2D eigenvalue weighted by Crippen LogP contribution is -2.44. The molecule has 0 bridgehead atoms. The van der Waals surface area contributed by atoms with E-state index in [1.807, 2.05) is 0 Å². The van der Waals surface area contributed by atoms with Crippen LogP contribution in [0.4, 0.5) is 4.39 Å². The summed E-state index contributed by atoms with van der Waals surface area (Å²) in [6.45, 7) is 2.82. The van der Waals surface area contributed by atoms with Crippen LogP contribution in [-0.2, 0) is 4.79 Å². The molecule has 5 nitrogen and oxygen atoms in total. The summed E-state index contributed by atoms with van der Waals surface area (Å²) in [4.78, 5) is 10.7. The molecule has 0 aromatic heterocycles. The Labute approximate surface area is 100 Å². The van der Waals surface area contributed by atoms with Gasteiger partial charge < -0.3 is 16.2 Å². The molecular formula is C11H20FN3O2. The molecule has 0 aromatic rings. The maximum Gasteiger partial charge on any atom is 0.323 e. The van der Waals surface area contributed by atoms with Crippen molar-refractivity contribution in [3.8, 4) is 0 Å². The maximum atomic E-state index is 12.6. The molecule has 1 atom stereocenters. The first-order chi connectivity index (χ1) is 7.79. The SMILES string of the molecule is CC(=N)NCC/C(=C/C[C@](C)(N)C(=O)O)CF. The number of hydrogen-bond donors (Lipinski definition) is 4. The predicted octanol–water partition coefficient (Wildman–Crippen LogP) is 1.05. The van der Waals surface area contributed by atoms with Crippen LogP contribution < -0.4 is 11.1 Å². The molecule has 0 spiro atoms. The Kier molecular flexibility index (Phi) is 6.42. The lowest BCUT2D eigenvalue weighted by atomic mass is 9.97. The zero-order valence-electron chi connectivity index (χ0n) is 10.2. The fraction of sp³-hybridized carbons (Fsp3) is 0.636. The number of hydrogen-bond acceptors (Lipinski definition) is 3. The number of amidine groups is 1. The van der Waals surface area contributed by atoms with Gasteiger partial charge in [-0.2, -0.15) is 0 Å². The minimum Gasteiger partial charge on any atom is -0.480 e. The number of aliphatic carboxylic acids is 1. The van der Waals surface area contributed by atoms with Gasteiger partial charge in [-0.1, -0.05) is 6.08 Å². The first-order valence-corrected chi connectivity index (χ1v) is 5.34. The molecular weight excluding hydrogens is 225 g/mol. The molecule has 0 rings (SSSR count). The Bertz CT molecular complexity index is 314. The average molecular weight is 245 g/mol. The Morgan fingerprint density at radius 3 is 2.65 bits per heavy atom. The van der Waals surface area contributed by atoms with Gasteiger partial charge >= 0.3 is 5.97 Å². The molecule has 17 heavy (non-hydrogen) atoms. The van der Waals surface area contributed by atoms with Gasteiger partial charge in [-0.05, 0) is 32.3 Å². The summed E-state index contributed by atoms with van der Waals surface area (Å²) < 4.78 is 12.6. The molecule has 0 unspecified atom stereocenters. The van der Waals surface area contributed by atoms with Crippen molar-refractivity contribution in [2.75, 3.05) is 13.2 Å². The molecule has 0 fully saturated rings. The first kappa shape index (κ1) is 15.6. The Morgan fingerprint density at radius 1 is 1.65 bits per heavy atom. The van der Waals surface area contributed by atoms with E-state index in [2.05, 4.69) is 5.32 Å². The minimum atomic E-state index is -1.37. The summed E-state index contributed by atoms with van der Waals surface area (Å²) in [5, 5.41) is 18.7. The first-order valence-electron chi connectivity index (χ1n) is 5.34. The van der Waals surface area contributed by atoms with Gasteiger partial charge in [0, 0.05) is 6.54 Å². The molecule has 0 heterocycles. The molecule has 0 aliphatic heterocycles. The number of carboxylic acid groups (broad SMARTS) is 1. The van der Waals surface area contributed by atoms with Gasteiger partial charge in [0.15, 0.2) is 0 Å². The molecule has 6 heteroatoms. The number of carbonyl (C=O) groups is 1. The third-order valence-corrected chi connectivity index (χ3v) is 2.31. The van der Waals surface area contributed by atoms with Crippen LogP contribution >= 0.6 is 0 Å². The largest absolute Gasteiger partial charge is 0.480 e. The van der Waals surface area contributed by atoms with Crippen LogP contribution in [0.2, 0.25) is 0 Å². The molecule has 0 saturated heterocycles. The van der Waals surface area contributed by atoms with Crippen molar-refractivity contribution in [3.63, 3.8) is 0 Å². The fourth-order valence-electron chi connectivity index (χ4n) is 1.08. The highest BCUT2D eigenvalue weighted by molar-refractivity contribution is 5.78. The number of nitrogens with one attached hydrogen (secondary N) is 2. The van der Waals surface area contributed by atoms with E-state index < -0.39 is 18.2 Å². The Hall–Kier alpha value is -1.43. The van der Waals surface area contributed by atoms with Gasteiger partial charge in [0.2, 0.25) is 0 Å². The van der Waals surface area contributed by atoms with E-state index >= 15 is 0 Å². The normalized spacial score (nSPS) is 15.2. The Morgan fingerprint density at radius 2 is 2.24 bits per heavy atom. The van der Waals surface area contributed by atoms with E-state index in [-0.39, 0.29) is 6.42 Å². The number of rotatable bonds is 7. The minimum absolute atomic E-state index is 0.0885. The second kappa shape index (κ2) is 7.01. The number of alkyl halides is 1. The molecule has 0 saturated carbocycles. The van der Waals surface area contributed by atoms with Crippen molar-refractivity contribution in [1.29, 1.82) is 5.41 Å². The summed E-state index contributed by atoms with van der Waals surface area (Å²) in [6, 6.07) is 0. The van der Waals surface area contributed by atoms with Crippen molar-refractivity contribution in [3.05, 3.63) is 11.6 Å². The van der Waals surface area contributed by atoms with Gasteiger partial charge in [0.25, 0.3) is 0 Å². The topological polar surface area (TPSA) is 99.2 Å². The standard InChI is InChI=1S/C11H20FN3O2/c1-8(13)15-6-4-9(7-12)3-5-11(2,14)10(16)17/h3H,4-7,14H2,1-2H3,(H2,13,15)(H,16,17)/b9-3-/t11-/m0/s1. The number of nitrogens with two attached hydrogens (primary N) is 1. The van der Waals surface area contributed by atoms with E-state index in [1.54, 1.807) is 6.92 Å². The van der Waals surface area contributed by atoms with Crippen molar-refractivity contribution >= 4 is 11.8 Å². The molecule has 0 amide bonds. The highest BCUT2D eigenvalue weighted by Gasteiger charge is 2.26. The zero-order valence-corrected chi connectivity index (χ0v) is 10.2. The van der Waals surface area contributed by atoms with E-state index in [0.717, 1.165) is 0 Å². The van der Waals surface area contributed by atoms with Gasteiger partial charge in [-0.25, -0.2) is 4.39 Å². The van der Waals surface area contributed by atoms with E-state index in [0.29, 0.717) is 24.4 Å². The third kappa shape index (κ3) is 6.68. The Balaban J connectivity index is 4.26. The summed E-state index contributed by atoms with van der Waals surface area (Å²) in [5.74, 6) is -0.794. The predicted molar refractivity (Wildman–Crippen MR) is 64.9 cm³/mol. The average Bonchev–Trinajstić information content (AvgIpc) is 2.22. The lowest BCUT2D eigenvalue weighted by Gasteiger charge is -2.17. The van der Waals surface area contributed by atoms with Crippen molar-refractivity contribution in [2.24, 2.45) is 5.73 Å². The summed E-state index contributed by atoms with van der Waals surface area (Å²) >= 11 is 0. The van der Waals surface area contributed by atoms with Crippen LogP contribution in [0.1, 0.15) is 26.7 Å². The monoisotopic (exact) mass is 245 g/mol. The molecule has 5 N–H and O–H groups in total. The van der Waals surface area contributed by atoms with Gasteiger partial charge in [0.1, 0.15) is 12.2 Å². The highest BCUT2D eigenvalue weighted by atomic mass is 19.1. The smallest absolute Gasteiger partial charge is 0.323 e. The zero-order chi connectivity index (χ0) is 13.5. The molecule has 0 aliphatic carbocycles. The van der Waals surface area contributed by atoms with Crippen molar-refractivity contribution < 1.29 is 14.3 Å². The summed E-state index contributed by atoms with van der Waals surface area (Å²) in [7, 11) is 0. The van der Waals surface area contributed by atoms with E-state index in [4.69, 9.17) is 16.2 Å². The molecule has 0 radical (unpaired) electrons. The van der Waals surface area contributed by atoms with Gasteiger partial charge in [-0.3, -0.25) is 10.2 Å². The summed E-state index contributed by atoms with van der Waals surface area (Å²) in [6.07, 6.45) is 2.04. The van der Waals surface area contributed by atoms with Crippen LogP contribution in [0.3, 0.4) is 0 Å². The third-order valence-electron chi connectivity index (χ3n) is 2.31. The van der Waals surface area contributed by atoms with Crippen molar-refractivity contribution in [2.45, 2.75) is 32.2 Å². The number of halogens is 1. The van der Waals surface area contributed by atoms with Crippen LogP contribution in [0.15, 0.2) is 11.6 Å². The van der Waals surface area contributed by atoms with E-state index in [9.17, 15) is 9.18 Å².